The fraction of sp³-hybridized carbons (Fsp3) is 0.933. The normalized spacial score (nSPS) is 38.4. The van der Waals surface area contributed by atoms with Crippen molar-refractivity contribution in [2.24, 2.45) is 11.8 Å². The average molecular weight is 252 g/mol. The van der Waals surface area contributed by atoms with E-state index in [1.807, 2.05) is 0 Å². The van der Waals surface area contributed by atoms with Gasteiger partial charge in [0.15, 0.2) is 0 Å². The second kappa shape index (κ2) is 5.60. The summed E-state index contributed by atoms with van der Waals surface area (Å²) >= 11 is 0. The highest BCUT2D eigenvalue weighted by Crippen LogP contribution is 2.34. The zero-order valence-electron chi connectivity index (χ0n) is 12.3. The van der Waals surface area contributed by atoms with Crippen molar-refractivity contribution in [1.82, 2.24) is 10.2 Å². The van der Waals surface area contributed by atoms with E-state index in [1.165, 1.54) is 19.3 Å². The maximum Gasteiger partial charge on any atom is 0.241 e. The van der Waals surface area contributed by atoms with Crippen molar-refractivity contribution in [2.75, 3.05) is 0 Å². The van der Waals surface area contributed by atoms with Crippen LogP contribution in [0, 0.1) is 11.8 Å². The summed E-state index contributed by atoms with van der Waals surface area (Å²) in [4.78, 5) is 14.9. The summed E-state index contributed by atoms with van der Waals surface area (Å²) in [6.45, 7) is 8.83. The first-order valence-electron chi connectivity index (χ1n) is 7.68. The Morgan fingerprint density at radius 2 is 2.11 bits per heavy atom. The maximum absolute atomic E-state index is 12.7. The number of hydrogen-bond acceptors (Lipinski definition) is 2. The van der Waals surface area contributed by atoms with E-state index >= 15 is 0 Å². The molecule has 2 rings (SSSR count). The van der Waals surface area contributed by atoms with Crippen molar-refractivity contribution in [3.8, 4) is 0 Å². The van der Waals surface area contributed by atoms with E-state index in [-0.39, 0.29) is 12.2 Å². The molecule has 0 aromatic rings. The van der Waals surface area contributed by atoms with Gasteiger partial charge in [0.1, 0.15) is 0 Å². The molecule has 3 heteroatoms. The quantitative estimate of drug-likeness (QED) is 0.834. The van der Waals surface area contributed by atoms with E-state index in [4.69, 9.17) is 0 Å². The highest BCUT2D eigenvalue weighted by atomic mass is 16.2. The van der Waals surface area contributed by atoms with Crippen molar-refractivity contribution in [1.29, 1.82) is 0 Å². The lowest BCUT2D eigenvalue weighted by Crippen LogP contribution is -2.45. The van der Waals surface area contributed by atoms with Crippen LogP contribution < -0.4 is 5.32 Å². The van der Waals surface area contributed by atoms with Crippen molar-refractivity contribution in [3.05, 3.63) is 0 Å². The monoisotopic (exact) mass is 252 g/mol. The second-order valence-electron chi connectivity index (χ2n) is 6.17. The van der Waals surface area contributed by atoms with Gasteiger partial charge >= 0.3 is 0 Å². The topological polar surface area (TPSA) is 32.3 Å². The number of hydrogen-bond donors (Lipinski definition) is 1. The summed E-state index contributed by atoms with van der Waals surface area (Å²) in [5.41, 5.74) is 0. The van der Waals surface area contributed by atoms with Crippen molar-refractivity contribution in [2.45, 2.75) is 78.0 Å². The third kappa shape index (κ3) is 2.29. The number of nitrogens with zero attached hydrogens (tertiary/aromatic N) is 1. The summed E-state index contributed by atoms with van der Waals surface area (Å²) in [5, 5.41) is 3.56. The summed E-state index contributed by atoms with van der Waals surface area (Å²) < 4.78 is 0. The van der Waals surface area contributed by atoms with Gasteiger partial charge in [0.05, 0.1) is 12.2 Å². The molecule has 2 fully saturated rings. The van der Waals surface area contributed by atoms with Gasteiger partial charge in [-0.1, -0.05) is 40.5 Å². The molecule has 1 N–H and O–H groups in total. The zero-order valence-corrected chi connectivity index (χ0v) is 12.3. The molecule has 0 aromatic carbocycles. The average Bonchev–Trinajstić information content (AvgIpc) is 2.91. The zero-order chi connectivity index (χ0) is 13.3. The van der Waals surface area contributed by atoms with Crippen LogP contribution in [0.2, 0.25) is 0 Å². The summed E-state index contributed by atoms with van der Waals surface area (Å²) in [6, 6.07) is 0.525. The largest absolute Gasteiger partial charge is 0.323 e. The van der Waals surface area contributed by atoms with Crippen molar-refractivity contribution in [3.63, 3.8) is 0 Å². The van der Waals surface area contributed by atoms with Crippen LogP contribution in [-0.4, -0.2) is 29.1 Å². The Morgan fingerprint density at radius 3 is 2.61 bits per heavy atom. The lowest BCUT2D eigenvalue weighted by atomic mass is 9.98. The lowest BCUT2D eigenvalue weighted by Gasteiger charge is -2.32. The third-order valence-electron chi connectivity index (χ3n) is 5.00. The molecule has 2 aliphatic rings. The number of rotatable bonds is 4. The van der Waals surface area contributed by atoms with Crippen LogP contribution >= 0.6 is 0 Å². The molecule has 0 radical (unpaired) electrons. The van der Waals surface area contributed by atoms with E-state index in [2.05, 4.69) is 37.9 Å². The fourth-order valence-corrected chi connectivity index (χ4v) is 3.56. The van der Waals surface area contributed by atoms with Gasteiger partial charge in [-0.05, 0) is 31.1 Å². The molecule has 3 nitrogen and oxygen atoms in total. The molecule has 1 heterocycles. The Bertz CT molecular complexity index is 305. The molecular formula is C15H28N2O. The van der Waals surface area contributed by atoms with Gasteiger partial charge in [-0.3, -0.25) is 10.1 Å². The molecule has 0 aromatic heterocycles. The minimum absolute atomic E-state index is 0.0488. The molecule has 1 saturated carbocycles. The van der Waals surface area contributed by atoms with Crippen molar-refractivity contribution < 1.29 is 4.79 Å². The Labute approximate surface area is 111 Å². The number of nitrogens with one attached hydrogen (secondary N) is 1. The molecule has 1 aliphatic carbocycles. The van der Waals surface area contributed by atoms with Crippen LogP contribution in [0.3, 0.4) is 0 Å². The third-order valence-corrected chi connectivity index (χ3v) is 5.00. The van der Waals surface area contributed by atoms with E-state index in [0.29, 0.717) is 23.8 Å². The Morgan fingerprint density at radius 1 is 1.39 bits per heavy atom. The van der Waals surface area contributed by atoms with Crippen molar-refractivity contribution >= 4 is 5.91 Å². The maximum atomic E-state index is 12.7. The SMILES string of the molecule is CCC(C)C1NC(CC)N(C2CCCC2C)C1=O. The first kappa shape index (κ1) is 13.9. The van der Waals surface area contributed by atoms with Gasteiger partial charge in [-0.15, -0.1) is 0 Å². The van der Waals surface area contributed by atoms with Gasteiger partial charge in [0.2, 0.25) is 5.91 Å². The highest BCUT2D eigenvalue weighted by Gasteiger charge is 2.45. The molecule has 1 saturated heterocycles. The minimum Gasteiger partial charge on any atom is -0.323 e. The van der Waals surface area contributed by atoms with Gasteiger partial charge < -0.3 is 4.90 Å². The molecule has 104 valence electrons. The van der Waals surface area contributed by atoms with Gasteiger partial charge in [-0.25, -0.2) is 0 Å². The van der Waals surface area contributed by atoms with Gasteiger partial charge in [0.25, 0.3) is 0 Å². The van der Waals surface area contributed by atoms with Gasteiger partial charge in [-0.2, -0.15) is 0 Å². The molecule has 5 atom stereocenters. The fourth-order valence-electron chi connectivity index (χ4n) is 3.56. The van der Waals surface area contributed by atoms with Crippen LogP contribution in [0.25, 0.3) is 0 Å². The second-order valence-corrected chi connectivity index (χ2v) is 6.17. The van der Waals surface area contributed by atoms with Crippen LogP contribution in [0.5, 0.6) is 0 Å². The molecule has 1 aliphatic heterocycles. The summed E-state index contributed by atoms with van der Waals surface area (Å²) in [5.74, 6) is 1.46. The standard InChI is InChI=1S/C15H28N2O/c1-5-10(3)14-15(18)17(13(6-2)16-14)12-9-7-8-11(12)4/h10-14,16H,5-9H2,1-4H3. The number of carbonyl (C=O) groups excluding carboxylic acids is 1. The van der Waals surface area contributed by atoms with E-state index in [1.54, 1.807) is 0 Å². The first-order chi connectivity index (χ1) is 8.60. The highest BCUT2D eigenvalue weighted by molar-refractivity contribution is 5.85. The van der Waals surface area contributed by atoms with E-state index in [0.717, 1.165) is 12.8 Å². The predicted octanol–water partition coefficient (Wildman–Crippen LogP) is 2.76. The molecule has 0 spiro atoms. The lowest BCUT2D eigenvalue weighted by molar-refractivity contribution is -0.133. The van der Waals surface area contributed by atoms with E-state index < -0.39 is 0 Å². The Hall–Kier alpha value is -0.570. The van der Waals surface area contributed by atoms with Crippen LogP contribution in [0.15, 0.2) is 0 Å². The smallest absolute Gasteiger partial charge is 0.241 e. The molecule has 1 amide bonds. The Kier molecular flexibility index (Phi) is 4.31. The van der Waals surface area contributed by atoms with E-state index in [9.17, 15) is 4.79 Å². The van der Waals surface area contributed by atoms with Crippen LogP contribution in [0.1, 0.15) is 59.8 Å². The predicted molar refractivity (Wildman–Crippen MR) is 74.1 cm³/mol. The molecular weight excluding hydrogens is 224 g/mol. The first-order valence-corrected chi connectivity index (χ1v) is 7.68. The minimum atomic E-state index is 0.0488. The summed E-state index contributed by atoms with van der Waals surface area (Å²) in [7, 11) is 0. The number of carbonyl (C=O) groups is 1. The molecule has 5 unspecified atom stereocenters. The van der Waals surface area contributed by atoms with Crippen LogP contribution in [0.4, 0.5) is 0 Å². The number of amides is 1. The molecule has 0 bridgehead atoms. The molecule has 18 heavy (non-hydrogen) atoms. The van der Waals surface area contributed by atoms with Crippen LogP contribution in [-0.2, 0) is 4.79 Å². The van der Waals surface area contributed by atoms with Gasteiger partial charge in [0, 0.05) is 6.04 Å². The Balaban J connectivity index is 2.15. The summed E-state index contributed by atoms with van der Waals surface area (Å²) in [6.07, 6.45) is 6.09.